The standard InChI is InChI=1S/C14H14N2OS/c15-14(18)11-7-16-12-4-2-1-3-10(12)13(11)17-8-9-5-6-9/h1-4,7,9H,5-6,8H2,(H2,15,18). The third kappa shape index (κ3) is 2.16. The van der Waals surface area contributed by atoms with Gasteiger partial charge in [0.05, 0.1) is 17.7 Å². The predicted molar refractivity (Wildman–Crippen MR) is 75.8 cm³/mol. The molecule has 1 aromatic heterocycles. The van der Waals surface area contributed by atoms with Gasteiger partial charge in [-0.1, -0.05) is 24.4 Å². The third-order valence-corrected chi connectivity index (χ3v) is 3.37. The summed E-state index contributed by atoms with van der Waals surface area (Å²) in [5.41, 5.74) is 7.37. The van der Waals surface area contributed by atoms with Gasteiger partial charge in [-0.3, -0.25) is 4.98 Å². The zero-order valence-corrected chi connectivity index (χ0v) is 10.7. The second kappa shape index (κ2) is 4.53. The van der Waals surface area contributed by atoms with Crippen LogP contribution in [0.25, 0.3) is 10.9 Å². The molecule has 0 saturated heterocycles. The number of hydrogen-bond acceptors (Lipinski definition) is 3. The fourth-order valence-electron chi connectivity index (χ4n) is 1.93. The summed E-state index contributed by atoms with van der Waals surface area (Å²) in [6, 6.07) is 7.88. The van der Waals surface area contributed by atoms with Crippen LogP contribution in [0, 0.1) is 5.92 Å². The van der Waals surface area contributed by atoms with Crippen LogP contribution in [0.4, 0.5) is 0 Å². The Morgan fingerprint density at radius 2 is 2.17 bits per heavy atom. The summed E-state index contributed by atoms with van der Waals surface area (Å²) in [5.74, 6) is 1.47. The van der Waals surface area contributed by atoms with Crippen molar-refractivity contribution in [1.82, 2.24) is 4.98 Å². The molecule has 0 atom stereocenters. The summed E-state index contributed by atoms with van der Waals surface area (Å²) in [5, 5.41) is 0.975. The van der Waals surface area contributed by atoms with E-state index in [0.29, 0.717) is 10.9 Å². The summed E-state index contributed by atoms with van der Waals surface area (Å²) in [4.78, 5) is 4.69. The van der Waals surface area contributed by atoms with Crippen molar-refractivity contribution < 1.29 is 4.74 Å². The molecule has 1 saturated carbocycles. The molecule has 0 unspecified atom stereocenters. The van der Waals surface area contributed by atoms with Gasteiger partial charge >= 0.3 is 0 Å². The molecular formula is C14H14N2OS. The second-order valence-corrected chi connectivity index (χ2v) is 5.08. The Bertz CT molecular complexity index is 608. The molecule has 3 nitrogen and oxygen atoms in total. The average Bonchev–Trinajstić information content (AvgIpc) is 3.19. The second-order valence-electron chi connectivity index (χ2n) is 4.64. The van der Waals surface area contributed by atoms with Gasteiger partial charge in [-0.15, -0.1) is 0 Å². The lowest BCUT2D eigenvalue weighted by atomic mass is 10.1. The number of pyridine rings is 1. The molecule has 0 radical (unpaired) electrons. The van der Waals surface area contributed by atoms with Gasteiger partial charge in [0.25, 0.3) is 0 Å². The van der Waals surface area contributed by atoms with Crippen LogP contribution in [-0.2, 0) is 0 Å². The van der Waals surface area contributed by atoms with Gasteiger partial charge in [0.1, 0.15) is 10.7 Å². The molecule has 2 aromatic rings. The van der Waals surface area contributed by atoms with E-state index >= 15 is 0 Å². The van der Waals surface area contributed by atoms with Crippen LogP contribution < -0.4 is 10.5 Å². The van der Waals surface area contributed by atoms with Gasteiger partial charge < -0.3 is 10.5 Å². The van der Waals surface area contributed by atoms with Crippen LogP contribution >= 0.6 is 12.2 Å². The van der Waals surface area contributed by atoms with Crippen molar-refractivity contribution in [3.05, 3.63) is 36.0 Å². The van der Waals surface area contributed by atoms with Crippen LogP contribution in [-0.4, -0.2) is 16.6 Å². The average molecular weight is 258 g/mol. The third-order valence-electron chi connectivity index (χ3n) is 3.15. The zero-order chi connectivity index (χ0) is 12.5. The lowest BCUT2D eigenvalue weighted by molar-refractivity contribution is 0.302. The van der Waals surface area contributed by atoms with Crippen molar-refractivity contribution in [1.29, 1.82) is 0 Å². The molecule has 0 amide bonds. The molecule has 0 aliphatic heterocycles. The number of fused-ring (bicyclic) bond motifs is 1. The highest BCUT2D eigenvalue weighted by Crippen LogP contribution is 2.33. The molecule has 0 spiro atoms. The molecule has 1 aromatic carbocycles. The molecule has 4 heteroatoms. The van der Waals surface area contributed by atoms with Gasteiger partial charge in [-0.05, 0) is 30.9 Å². The van der Waals surface area contributed by atoms with Crippen molar-refractivity contribution in [2.24, 2.45) is 11.7 Å². The maximum absolute atomic E-state index is 5.93. The topological polar surface area (TPSA) is 48.1 Å². The molecule has 3 rings (SSSR count). The maximum Gasteiger partial charge on any atom is 0.140 e. The number of benzene rings is 1. The van der Waals surface area contributed by atoms with E-state index in [1.54, 1.807) is 6.20 Å². The van der Waals surface area contributed by atoms with Gasteiger partial charge in [0, 0.05) is 11.6 Å². The van der Waals surface area contributed by atoms with E-state index in [-0.39, 0.29) is 0 Å². The van der Waals surface area contributed by atoms with Crippen molar-refractivity contribution in [3.63, 3.8) is 0 Å². The minimum Gasteiger partial charge on any atom is -0.492 e. The smallest absolute Gasteiger partial charge is 0.140 e. The normalized spacial score (nSPS) is 14.7. The van der Waals surface area contributed by atoms with Gasteiger partial charge in [0.15, 0.2) is 0 Å². The fraction of sp³-hybridized carbons (Fsp3) is 0.286. The van der Waals surface area contributed by atoms with E-state index < -0.39 is 0 Å². The van der Waals surface area contributed by atoms with Crippen molar-refractivity contribution in [2.45, 2.75) is 12.8 Å². The van der Waals surface area contributed by atoms with Crippen molar-refractivity contribution in [2.75, 3.05) is 6.61 Å². The minimum atomic E-state index is 0.332. The summed E-state index contributed by atoms with van der Waals surface area (Å²) < 4.78 is 5.93. The predicted octanol–water partition coefficient (Wildman–Crippen LogP) is 2.66. The number of thiocarbonyl (C=S) groups is 1. The Balaban J connectivity index is 2.08. The van der Waals surface area contributed by atoms with Crippen LogP contribution in [0.3, 0.4) is 0 Å². The van der Waals surface area contributed by atoms with Crippen LogP contribution in [0.15, 0.2) is 30.5 Å². The number of nitrogens with two attached hydrogens (primary N) is 1. The Labute approximate surface area is 111 Å². The first kappa shape index (κ1) is 11.4. The Kier molecular flexibility index (Phi) is 2.88. The fourth-order valence-corrected chi connectivity index (χ4v) is 2.08. The van der Waals surface area contributed by atoms with E-state index in [4.69, 9.17) is 22.7 Å². The largest absolute Gasteiger partial charge is 0.492 e. The first-order valence-corrected chi connectivity index (χ1v) is 6.47. The van der Waals surface area contributed by atoms with Gasteiger partial charge in [0.2, 0.25) is 0 Å². The van der Waals surface area contributed by atoms with E-state index in [2.05, 4.69) is 4.98 Å². The number of hydrogen-bond donors (Lipinski definition) is 1. The number of nitrogens with zero attached hydrogens (tertiary/aromatic N) is 1. The van der Waals surface area contributed by atoms with E-state index in [0.717, 1.165) is 28.8 Å². The van der Waals surface area contributed by atoms with E-state index in [1.165, 1.54) is 12.8 Å². The summed E-state index contributed by atoms with van der Waals surface area (Å²) in [7, 11) is 0. The molecule has 1 aliphatic carbocycles. The first-order chi connectivity index (χ1) is 8.75. The first-order valence-electron chi connectivity index (χ1n) is 6.06. The van der Waals surface area contributed by atoms with E-state index in [1.807, 2.05) is 24.3 Å². The number of ether oxygens (including phenoxy) is 1. The molecule has 18 heavy (non-hydrogen) atoms. The highest BCUT2D eigenvalue weighted by atomic mass is 32.1. The molecule has 2 N–H and O–H groups in total. The summed E-state index contributed by atoms with van der Waals surface area (Å²) in [6.45, 7) is 0.740. The molecule has 1 aliphatic rings. The SMILES string of the molecule is NC(=S)c1cnc2ccccc2c1OCC1CC1. The monoisotopic (exact) mass is 258 g/mol. The molecule has 0 bridgehead atoms. The van der Waals surface area contributed by atoms with Crippen molar-refractivity contribution in [3.8, 4) is 5.75 Å². The number of rotatable bonds is 4. The van der Waals surface area contributed by atoms with Crippen LogP contribution in [0.2, 0.25) is 0 Å². The quantitative estimate of drug-likeness (QED) is 0.856. The maximum atomic E-state index is 5.93. The van der Waals surface area contributed by atoms with E-state index in [9.17, 15) is 0 Å². The molecule has 1 heterocycles. The molecule has 92 valence electrons. The Morgan fingerprint density at radius 1 is 1.39 bits per heavy atom. The van der Waals surface area contributed by atoms with Crippen LogP contribution in [0.5, 0.6) is 5.75 Å². The summed E-state index contributed by atoms with van der Waals surface area (Å²) >= 11 is 5.07. The lowest BCUT2D eigenvalue weighted by Gasteiger charge is -2.12. The van der Waals surface area contributed by atoms with Crippen LogP contribution in [0.1, 0.15) is 18.4 Å². The Morgan fingerprint density at radius 3 is 2.89 bits per heavy atom. The molecule has 1 fully saturated rings. The van der Waals surface area contributed by atoms with Crippen molar-refractivity contribution >= 4 is 28.1 Å². The minimum absolute atomic E-state index is 0.332. The number of para-hydroxylation sites is 1. The highest BCUT2D eigenvalue weighted by molar-refractivity contribution is 7.80. The summed E-state index contributed by atoms with van der Waals surface area (Å²) in [6.07, 6.45) is 4.21. The lowest BCUT2D eigenvalue weighted by Crippen LogP contribution is -2.13. The van der Waals surface area contributed by atoms with Gasteiger partial charge in [-0.25, -0.2) is 0 Å². The highest BCUT2D eigenvalue weighted by Gasteiger charge is 2.23. The number of aromatic nitrogens is 1. The zero-order valence-electron chi connectivity index (χ0n) is 9.93. The molecular weight excluding hydrogens is 244 g/mol. The Hall–Kier alpha value is -1.68. The van der Waals surface area contributed by atoms with Gasteiger partial charge in [-0.2, -0.15) is 0 Å².